The summed E-state index contributed by atoms with van der Waals surface area (Å²) < 4.78 is 11.5. The highest BCUT2D eigenvalue weighted by atomic mass is 16.5. The average Bonchev–Trinajstić information content (AvgIpc) is 3.41. The first-order chi connectivity index (χ1) is 14.3. The van der Waals surface area contributed by atoms with E-state index in [0.717, 1.165) is 50.9 Å². The van der Waals surface area contributed by atoms with Crippen molar-refractivity contribution in [3.8, 4) is 0 Å². The molecule has 2 fully saturated rings. The Hall–Kier alpha value is -2.57. The van der Waals surface area contributed by atoms with Crippen LogP contribution in [-0.2, 0) is 17.7 Å². The summed E-state index contributed by atoms with van der Waals surface area (Å²) in [5.41, 5.74) is 1.35. The lowest BCUT2D eigenvalue weighted by atomic mass is 10.1. The molecule has 1 N–H and O–H groups in total. The number of fused-ring (bicyclic) bond motifs is 1. The van der Waals surface area contributed by atoms with Gasteiger partial charge in [0, 0.05) is 45.7 Å². The Labute approximate surface area is 172 Å². The number of likely N-dealkylation sites (tertiary alicyclic amines) is 1. The maximum absolute atomic E-state index is 6.12. The smallest absolute Gasteiger partial charge is 0.194 e. The molecule has 1 aromatic carbocycles. The zero-order valence-corrected chi connectivity index (χ0v) is 16.9. The Kier molecular flexibility index (Phi) is 6.64. The fourth-order valence-corrected chi connectivity index (χ4v) is 4.10. The van der Waals surface area contributed by atoms with E-state index in [-0.39, 0.29) is 6.10 Å². The van der Waals surface area contributed by atoms with Gasteiger partial charge in [0.05, 0.1) is 25.0 Å². The Balaban J connectivity index is 1.41. The van der Waals surface area contributed by atoms with Crippen LogP contribution in [0, 0.1) is 0 Å². The molecule has 0 aliphatic carbocycles. The van der Waals surface area contributed by atoms with Crippen molar-refractivity contribution in [1.29, 1.82) is 0 Å². The molecule has 2 unspecified atom stereocenters. The second kappa shape index (κ2) is 9.76. The van der Waals surface area contributed by atoms with Crippen molar-refractivity contribution in [1.82, 2.24) is 15.1 Å². The van der Waals surface area contributed by atoms with Gasteiger partial charge in [-0.25, -0.2) is 0 Å². The van der Waals surface area contributed by atoms with Crippen LogP contribution in [0.3, 0.4) is 0 Å². The van der Waals surface area contributed by atoms with Gasteiger partial charge in [-0.2, -0.15) is 0 Å². The minimum Gasteiger partial charge on any atom is -0.469 e. The Morgan fingerprint density at radius 2 is 2.10 bits per heavy atom. The molecule has 0 amide bonds. The number of guanidine groups is 1. The lowest BCUT2D eigenvalue weighted by Crippen LogP contribution is -2.50. The number of benzene rings is 1. The van der Waals surface area contributed by atoms with Crippen LogP contribution in [0.2, 0.25) is 0 Å². The fourth-order valence-electron chi connectivity index (χ4n) is 4.10. The zero-order chi connectivity index (χ0) is 19.9. The largest absolute Gasteiger partial charge is 0.469 e. The lowest BCUT2D eigenvalue weighted by molar-refractivity contribution is -0.0502. The number of aliphatic imine (C=N–C) groups is 1. The number of ether oxygens (including phenoxy) is 1. The standard InChI is InChI=1S/C23H30N4O2/c1-2-11-24-23(25-12-10-20-9-6-14-28-20)27-17-21-22(18-27)29-15-13-26(21)16-19-7-4-3-5-8-19/h2-9,14,21-22H,1,10-13,15-18H2,(H,24,25). The van der Waals surface area contributed by atoms with E-state index in [1.807, 2.05) is 18.2 Å². The van der Waals surface area contributed by atoms with Crippen molar-refractivity contribution in [3.63, 3.8) is 0 Å². The zero-order valence-electron chi connectivity index (χ0n) is 16.9. The van der Waals surface area contributed by atoms with E-state index in [1.54, 1.807) is 6.26 Å². The molecule has 0 spiro atoms. The van der Waals surface area contributed by atoms with Gasteiger partial charge in [-0.3, -0.25) is 9.89 Å². The van der Waals surface area contributed by atoms with E-state index in [9.17, 15) is 0 Å². The van der Waals surface area contributed by atoms with Gasteiger partial charge in [0.2, 0.25) is 0 Å². The van der Waals surface area contributed by atoms with Crippen LogP contribution in [0.25, 0.3) is 0 Å². The predicted molar refractivity (Wildman–Crippen MR) is 115 cm³/mol. The average molecular weight is 395 g/mol. The van der Waals surface area contributed by atoms with Crippen LogP contribution in [-0.4, -0.2) is 67.2 Å². The van der Waals surface area contributed by atoms with Crippen LogP contribution in [0.5, 0.6) is 0 Å². The van der Waals surface area contributed by atoms with Gasteiger partial charge in [-0.1, -0.05) is 36.4 Å². The van der Waals surface area contributed by atoms with Crippen LogP contribution in [0.15, 0.2) is 70.8 Å². The van der Waals surface area contributed by atoms with Gasteiger partial charge in [-0.15, -0.1) is 6.58 Å². The van der Waals surface area contributed by atoms with E-state index < -0.39 is 0 Å². The molecule has 0 radical (unpaired) electrons. The summed E-state index contributed by atoms with van der Waals surface area (Å²) in [4.78, 5) is 9.71. The van der Waals surface area contributed by atoms with E-state index in [1.165, 1.54) is 5.56 Å². The van der Waals surface area contributed by atoms with Gasteiger partial charge < -0.3 is 19.4 Å². The highest BCUT2D eigenvalue weighted by Gasteiger charge is 2.41. The number of nitrogens with zero attached hydrogens (tertiary/aromatic N) is 3. The quantitative estimate of drug-likeness (QED) is 0.444. The first kappa shape index (κ1) is 19.7. The van der Waals surface area contributed by atoms with Crippen LogP contribution < -0.4 is 5.32 Å². The van der Waals surface area contributed by atoms with E-state index in [0.29, 0.717) is 19.1 Å². The molecule has 2 aliphatic heterocycles. The number of nitrogens with one attached hydrogen (secondary N) is 1. The monoisotopic (exact) mass is 394 g/mol. The molecule has 3 heterocycles. The summed E-state index contributed by atoms with van der Waals surface area (Å²) in [6.07, 6.45) is 4.58. The second-order valence-electron chi connectivity index (χ2n) is 7.54. The molecular formula is C23H30N4O2. The third-order valence-electron chi connectivity index (χ3n) is 5.55. The molecule has 6 nitrogen and oxygen atoms in total. The molecular weight excluding hydrogens is 364 g/mol. The summed E-state index contributed by atoms with van der Waals surface area (Å²) >= 11 is 0. The molecule has 2 aliphatic rings. The Morgan fingerprint density at radius 3 is 2.90 bits per heavy atom. The topological polar surface area (TPSA) is 53.2 Å². The van der Waals surface area contributed by atoms with Crippen LogP contribution in [0.1, 0.15) is 11.3 Å². The van der Waals surface area contributed by atoms with Gasteiger partial charge in [0.1, 0.15) is 5.76 Å². The number of morpholine rings is 1. The molecule has 1 aromatic heterocycles. The number of hydrogen-bond donors (Lipinski definition) is 1. The minimum absolute atomic E-state index is 0.216. The summed E-state index contributed by atoms with van der Waals surface area (Å²) in [6.45, 7) is 9.70. The Bertz CT molecular complexity index is 790. The molecule has 0 bridgehead atoms. The van der Waals surface area contributed by atoms with Crippen molar-refractivity contribution < 1.29 is 9.15 Å². The van der Waals surface area contributed by atoms with E-state index >= 15 is 0 Å². The number of furan rings is 1. The first-order valence-electron chi connectivity index (χ1n) is 10.4. The maximum Gasteiger partial charge on any atom is 0.194 e. The second-order valence-corrected chi connectivity index (χ2v) is 7.54. The summed E-state index contributed by atoms with van der Waals surface area (Å²) in [7, 11) is 0. The van der Waals surface area contributed by atoms with Gasteiger partial charge in [0.15, 0.2) is 5.96 Å². The Morgan fingerprint density at radius 1 is 1.21 bits per heavy atom. The van der Waals surface area contributed by atoms with Gasteiger partial charge >= 0.3 is 0 Å². The minimum atomic E-state index is 0.216. The predicted octanol–water partition coefficient (Wildman–Crippen LogP) is 2.54. The maximum atomic E-state index is 6.12. The van der Waals surface area contributed by atoms with Gasteiger partial charge in [0.25, 0.3) is 0 Å². The number of hydrogen-bond acceptors (Lipinski definition) is 4. The fraction of sp³-hybridized carbons (Fsp3) is 0.435. The summed E-state index contributed by atoms with van der Waals surface area (Å²) in [5, 5.41) is 3.42. The summed E-state index contributed by atoms with van der Waals surface area (Å²) in [6, 6.07) is 15.0. The number of rotatable bonds is 7. The molecule has 2 aromatic rings. The summed E-state index contributed by atoms with van der Waals surface area (Å²) in [5.74, 6) is 1.89. The van der Waals surface area contributed by atoms with E-state index in [2.05, 4.69) is 52.0 Å². The third kappa shape index (κ3) is 5.08. The molecule has 29 heavy (non-hydrogen) atoms. The molecule has 2 saturated heterocycles. The molecule has 6 heteroatoms. The highest BCUT2D eigenvalue weighted by Crippen LogP contribution is 2.24. The highest BCUT2D eigenvalue weighted by molar-refractivity contribution is 5.80. The normalized spacial score (nSPS) is 22.5. The van der Waals surface area contributed by atoms with Crippen molar-refractivity contribution in [2.75, 3.05) is 39.3 Å². The first-order valence-corrected chi connectivity index (χ1v) is 10.4. The molecule has 4 rings (SSSR count). The third-order valence-corrected chi connectivity index (χ3v) is 5.55. The van der Waals surface area contributed by atoms with Gasteiger partial charge in [-0.05, 0) is 17.7 Å². The SMILES string of the molecule is C=CCNC(=NCCc1ccco1)N1CC2OCCN(Cc3ccccc3)C2C1. The molecule has 2 atom stereocenters. The van der Waals surface area contributed by atoms with Crippen molar-refractivity contribution in [2.24, 2.45) is 4.99 Å². The molecule has 154 valence electrons. The van der Waals surface area contributed by atoms with Crippen LogP contribution in [0.4, 0.5) is 0 Å². The lowest BCUT2D eigenvalue weighted by Gasteiger charge is -2.36. The molecule has 0 saturated carbocycles. The van der Waals surface area contributed by atoms with E-state index in [4.69, 9.17) is 14.1 Å². The van der Waals surface area contributed by atoms with Crippen LogP contribution >= 0.6 is 0 Å². The van der Waals surface area contributed by atoms with Crippen molar-refractivity contribution in [2.45, 2.75) is 25.1 Å². The van der Waals surface area contributed by atoms with Crippen molar-refractivity contribution in [3.05, 3.63) is 72.7 Å². The van der Waals surface area contributed by atoms with Crippen molar-refractivity contribution >= 4 is 5.96 Å².